The molecular weight excluding hydrogens is 350 g/mol. The minimum absolute atomic E-state index is 0.0227. The van der Waals surface area contributed by atoms with Crippen LogP contribution < -0.4 is 10.2 Å². The Hall–Kier alpha value is -3.72. The number of nitriles is 1. The molecule has 0 fully saturated rings. The maximum absolute atomic E-state index is 12.9. The Balaban J connectivity index is 1.82. The van der Waals surface area contributed by atoms with Gasteiger partial charge >= 0.3 is 0 Å². The molecule has 0 unspecified atom stereocenters. The van der Waals surface area contributed by atoms with Gasteiger partial charge in [0.1, 0.15) is 5.82 Å². The molecule has 1 N–H and O–H groups in total. The molecule has 0 aliphatic carbocycles. The van der Waals surface area contributed by atoms with Crippen LogP contribution in [0.5, 0.6) is 0 Å². The molecule has 1 heterocycles. The third-order valence-corrected chi connectivity index (χ3v) is 4.36. The van der Waals surface area contributed by atoms with E-state index in [0.29, 0.717) is 29.4 Å². The van der Waals surface area contributed by atoms with Gasteiger partial charge in [0.05, 0.1) is 17.7 Å². The van der Waals surface area contributed by atoms with Crippen molar-refractivity contribution in [3.63, 3.8) is 0 Å². The van der Waals surface area contributed by atoms with Gasteiger partial charge in [0, 0.05) is 18.3 Å². The molecule has 1 atom stereocenters. The highest BCUT2D eigenvalue weighted by Gasteiger charge is 2.18. The molecular formula is C22H21N5O. The predicted octanol–water partition coefficient (Wildman–Crippen LogP) is 4.19. The molecule has 6 heteroatoms. The van der Waals surface area contributed by atoms with E-state index >= 15 is 0 Å². The predicted molar refractivity (Wildman–Crippen MR) is 109 cm³/mol. The van der Waals surface area contributed by atoms with E-state index in [1.54, 1.807) is 41.4 Å². The van der Waals surface area contributed by atoms with Crippen LogP contribution in [0, 0.1) is 11.3 Å². The highest BCUT2D eigenvalue weighted by molar-refractivity contribution is 6.05. The van der Waals surface area contributed by atoms with Gasteiger partial charge in [-0.05, 0) is 43.7 Å². The number of hydrogen-bond acceptors (Lipinski definition) is 5. The van der Waals surface area contributed by atoms with Crippen molar-refractivity contribution in [2.24, 2.45) is 0 Å². The molecule has 2 aromatic carbocycles. The number of nitrogens with zero attached hydrogens (tertiary/aromatic N) is 4. The number of nitrogens with one attached hydrogen (secondary N) is 1. The molecule has 0 aliphatic heterocycles. The Kier molecular flexibility index (Phi) is 5.97. The number of carbonyl (C=O) groups is 1. The number of amides is 1. The second-order valence-electron chi connectivity index (χ2n) is 6.26. The van der Waals surface area contributed by atoms with Crippen molar-refractivity contribution in [2.45, 2.75) is 19.9 Å². The standard InChI is InChI=1S/C22H21N5O/c1-3-27(21(28)19-11-7-8-17(14-19)15-23)20-12-13-24-22(26-20)25-16(2)18-9-5-4-6-10-18/h4-14,16H,3H2,1-2H3,(H,24,25,26)/t16-/m0/s1. The number of hydrogen-bond donors (Lipinski definition) is 1. The summed E-state index contributed by atoms with van der Waals surface area (Å²) in [4.78, 5) is 23.3. The van der Waals surface area contributed by atoms with E-state index in [-0.39, 0.29) is 11.9 Å². The van der Waals surface area contributed by atoms with Gasteiger partial charge in [0.2, 0.25) is 5.95 Å². The maximum Gasteiger partial charge on any atom is 0.259 e. The van der Waals surface area contributed by atoms with Gasteiger partial charge in [-0.1, -0.05) is 36.4 Å². The third-order valence-electron chi connectivity index (χ3n) is 4.36. The summed E-state index contributed by atoms with van der Waals surface area (Å²) < 4.78 is 0. The van der Waals surface area contributed by atoms with Gasteiger partial charge in [0.15, 0.2) is 0 Å². The highest BCUT2D eigenvalue weighted by Crippen LogP contribution is 2.20. The summed E-state index contributed by atoms with van der Waals surface area (Å²) in [6, 6.07) is 20.4. The smallest absolute Gasteiger partial charge is 0.259 e. The summed E-state index contributed by atoms with van der Waals surface area (Å²) >= 11 is 0. The molecule has 1 amide bonds. The summed E-state index contributed by atoms with van der Waals surface area (Å²) in [5.74, 6) is 0.749. The summed E-state index contributed by atoms with van der Waals surface area (Å²) in [7, 11) is 0. The summed E-state index contributed by atoms with van der Waals surface area (Å²) in [6.07, 6.45) is 1.63. The van der Waals surface area contributed by atoms with Gasteiger partial charge in [-0.2, -0.15) is 10.2 Å². The van der Waals surface area contributed by atoms with Crippen LogP contribution in [0.15, 0.2) is 66.9 Å². The largest absolute Gasteiger partial charge is 0.348 e. The van der Waals surface area contributed by atoms with Gasteiger partial charge in [-0.15, -0.1) is 0 Å². The average Bonchev–Trinajstić information content (AvgIpc) is 2.75. The SMILES string of the molecule is CCN(C(=O)c1cccc(C#N)c1)c1ccnc(N[C@@H](C)c2ccccc2)n1. The lowest BCUT2D eigenvalue weighted by atomic mass is 10.1. The number of rotatable bonds is 6. The number of benzene rings is 2. The van der Waals surface area contributed by atoms with Crippen molar-refractivity contribution in [1.29, 1.82) is 5.26 Å². The minimum atomic E-state index is -0.208. The second kappa shape index (κ2) is 8.78. The topological polar surface area (TPSA) is 81.9 Å². The quantitative estimate of drug-likeness (QED) is 0.703. The van der Waals surface area contributed by atoms with Crippen LogP contribution in [0.4, 0.5) is 11.8 Å². The van der Waals surface area contributed by atoms with Gasteiger partial charge in [0.25, 0.3) is 5.91 Å². The normalized spacial score (nSPS) is 11.3. The molecule has 28 heavy (non-hydrogen) atoms. The fourth-order valence-corrected chi connectivity index (χ4v) is 2.87. The lowest BCUT2D eigenvalue weighted by molar-refractivity contribution is 0.0987. The lowest BCUT2D eigenvalue weighted by Gasteiger charge is -2.21. The molecule has 0 saturated carbocycles. The molecule has 0 saturated heterocycles. The van der Waals surface area contributed by atoms with Crippen LogP contribution in [0.25, 0.3) is 0 Å². The molecule has 3 rings (SSSR count). The molecule has 0 spiro atoms. The Bertz CT molecular complexity index is 997. The monoisotopic (exact) mass is 371 g/mol. The first-order chi connectivity index (χ1) is 13.6. The fraction of sp³-hybridized carbons (Fsp3) is 0.182. The molecule has 0 radical (unpaired) electrons. The summed E-state index contributed by atoms with van der Waals surface area (Å²) in [5, 5.41) is 12.3. The zero-order valence-electron chi connectivity index (χ0n) is 15.8. The van der Waals surface area contributed by atoms with Crippen LogP contribution >= 0.6 is 0 Å². The zero-order chi connectivity index (χ0) is 19.9. The molecule has 0 bridgehead atoms. The Labute approximate surface area is 164 Å². The van der Waals surface area contributed by atoms with Crippen LogP contribution in [0.1, 0.15) is 41.4 Å². The van der Waals surface area contributed by atoms with E-state index < -0.39 is 0 Å². The van der Waals surface area contributed by atoms with Gasteiger partial charge in [-0.25, -0.2) is 4.98 Å². The van der Waals surface area contributed by atoms with E-state index in [0.717, 1.165) is 5.56 Å². The lowest BCUT2D eigenvalue weighted by Crippen LogP contribution is -2.31. The molecule has 0 aliphatic rings. The first-order valence-corrected chi connectivity index (χ1v) is 9.09. The Morgan fingerprint density at radius 1 is 1.18 bits per heavy atom. The van der Waals surface area contributed by atoms with Crippen LogP contribution in [0.2, 0.25) is 0 Å². The summed E-state index contributed by atoms with van der Waals surface area (Å²) in [6.45, 7) is 4.36. The van der Waals surface area contributed by atoms with Crippen molar-refractivity contribution in [2.75, 3.05) is 16.8 Å². The van der Waals surface area contributed by atoms with E-state index in [1.807, 2.05) is 44.2 Å². The van der Waals surface area contributed by atoms with Crippen LogP contribution in [-0.4, -0.2) is 22.4 Å². The minimum Gasteiger partial charge on any atom is -0.348 e. The van der Waals surface area contributed by atoms with Crippen LogP contribution in [-0.2, 0) is 0 Å². The Morgan fingerprint density at radius 3 is 2.68 bits per heavy atom. The van der Waals surface area contributed by atoms with Crippen molar-refractivity contribution >= 4 is 17.7 Å². The van der Waals surface area contributed by atoms with E-state index in [9.17, 15) is 4.79 Å². The van der Waals surface area contributed by atoms with Gasteiger partial charge in [-0.3, -0.25) is 9.69 Å². The number of carbonyl (C=O) groups excluding carboxylic acids is 1. The van der Waals surface area contributed by atoms with Crippen molar-refractivity contribution in [3.05, 3.63) is 83.6 Å². The van der Waals surface area contributed by atoms with E-state index in [4.69, 9.17) is 5.26 Å². The Morgan fingerprint density at radius 2 is 1.96 bits per heavy atom. The van der Waals surface area contributed by atoms with E-state index in [2.05, 4.69) is 21.4 Å². The van der Waals surface area contributed by atoms with Crippen molar-refractivity contribution < 1.29 is 4.79 Å². The zero-order valence-corrected chi connectivity index (χ0v) is 15.8. The molecule has 3 aromatic rings. The molecule has 6 nitrogen and oxygen atoms in total. The molecule has 140 valence electrons. The highest BCUT2D eigenvalue weighted by atomic mass is 16.2. The fourth-order valence-electron chi connectivity index (χ4n) is 2.87. The molecule has 1 aromatic heterocycles. The maximum atomic E-state index is 12.9. The average molecular weight is 371 g/mol. The second-order valence-corrected chi connectivity index (χ2v) is 6.26. The van der Waals surface area contributed by atoms with Gasteiger partial charge < -0.3 is 5.32 Å². The first-order valence-electron chi connectivity index (χ1n) is 9.09. The van der Waals surface area contributed by atoms with Crippen molar-refractivity contribution in [3.8, 4) is 6.07 Å². The van der Waals surface area contributed by atoms with E-state index in [1.165, 1.54) is 0 Å². The van der Waals surface area contributed by atoms with Crippen molar-refractivity contribution in [1.82, 2.24) is 9.97 Å². The van der Waals surface area contributed by atoms with Crippen LogP contribution in [0.3, 0.4) is 0 Å². The number of aromatic nitrogens is 2. The first kappa shape index (κ1) is 19.1. The summed E-state index contributed by atoms with van der Waals surface area (Å²) in [5.41, 5.74) is 2.02. The third kappa shape index (κ3) is 4.33. The number of anilines is 2.